The van der Waals surface area contributed by atoms with Crippen LogP contribution in [0.5, 0.6) is 0 Å². The first kappa shape index (κ1) is 16.9. The molecule has 3 atom stereocenters. The van der Waals surface area contributed by atoms with Crippen molar-refractivity contribution in [3.8, 4) is 6.07 Å². The second-order valence-electron chi connectivity index (χ2n) is 8.38. The van der Waals surface area contributed by atoms with Crippen molar-refractivity contribution in [2.24, 2.45) is 16.7 Å². The average Bonchev–Trinajstić information content (AvgIpc) is 2.51. The van der Waals surface area contributed by atoms with Gasteiger partial charge in [-0.3, -0.25) is 4.79 Å². The number of nitriles is 1. The average molecular weight is 323 g/mol. The molecule has 2 aliphatic rings. The van der Waals surface area contributed by atoms with Crippen molar-refractivity contribution in [1.29, 1.82) is 5.26 Å². The molecular weight excluding hydrogens is 298 g/mol. The molecular formula is C21H25NO2. The number of hydrogen-bond donors (Lipinski definition) is 1. The maximum Gasteiger partial charge on any atom is 0.178 e. The van der Waals surface area contributed by atoms with Crippen LogP contribution in [0, 0.1) is 28.1 Å². The fourth-order valence-corrected chi connectivity index (χ4v) is 5.11. The molecule has 3 rings (SSSR count). The van der Waals surface area contributed by atoms with E-state index in [0.29, 0.717) is 19.3 Å². The van der Waals surface area contributed by atoms with Crippen molar-refractivity contribution < 1.29 is 9.90 Å². The number of carbonyl (C=O) groups excluding carboxylic acids is 1. The molecule has 1 N–H and O–H groups in total. The molecule has 0 bridgehead atoms. The molecule has 0 heterocycles. The number of aliphatic hydroxyl groups is 1. The molecule has 0 aromatic heterocycles. The molecule has 0 unspecified atom stereocenters. The second-order valence-corrected chi connectivity index (χ2v) is 8.38. The Bertz CT molecular complexity index is 728. The Balaban J connectivity index is 1.94. The van der Waals surface area contributed by atoms with E-state index in [1.165, 1.54) is 0 Å². The zero-order valence-electron chi connectivity index (χ0n) is 14.7. The molecule has 1 aromatic carbocycles. The van der Waals surface area contributed by atoms with Crippen molar-refractivity contribution >= 4 is 5.78 Å². The number of rotatable bonds is 2. The number of fused-ring (bicyclic) bond motifs is 1. The van der Waals surface area contributed by atoms with Crippen LogP contribution in [0.15, 0.2) is 42.0 Å². The molecule has 0 spiro atoms. The third kappa shape index (κ3) is 2.70. The zero-order chi connectivity index (χ0) is 17.6. The highest BCUT2D eigenvalue weighted by molar-refractivity contribution is 6.04. The third-order valence-electron chi connectivity index (χ3n) is 6.08. The highest BCUT2D eigenvalue weighted by atomic mass is 16.3. The van der Waals surface area contributed by atoms with Gasteiger partial charge in [0.15, 0.2) is 5.78 Å². The van der Waals surface area contributed by atoms with Crippen LogP contribution >= 0.6 is 0 Å². The van der Waals surface area contributed by atoms with Crippen molar-refractivity contribution in [3.05, 3.63) is 47.5 Å². The van der Waals surface area contributed by atoms with Gasteiger partial charge in [-0.1, -0.05) is 57.2 Å². The van der Waals surface area contributed by atoms with E-state index in [2.05, 4.69) is 13.0 Å². The van der Waals surface area contributed by atoms with E-state index >= 15 is 0 Å². The van der Waals surface area contributed by atoms with Crippen LogP contribution in [0.2, 0.25) is 0 Å². The standard InChI is InChI=1S/C21H25NO2/c1-19(2)17-9-10-21(24,11-15-7-5-4-6-8-15)14-20(17,3)12-16(13-22)18(19)23/h4-8,12,17,24H,9-11,14H2,1-3H3/t17-,20+,21+/m1/s1. The van der Waals surface area contributed by atoms with Gasteiger partial charge in [-0.2, -0.15) is 5.26 Å². The minimum absolute atomic E-state index is 0.0547. The number of benzene rings is 1. The Labute approximate surface area is 144 Å². The number of carbonyl (C=O) groups is 1. The molecule has 24 heavy (non-hydrogen) atoms. The van der Waals surface area contributed by atoms with Crippen molar-refractivity contribution in [2.75, 3.05) is 0 Å². The van der Waals surface area contributed by atoms with Gasteiger partial charge in [-0.25, -0.2) is 0 Å². The lowest BCUT2D eigenvalue weighted by Gasteiger charge is -2.54. The first-order chi connectivity index (χ1) is 11.2. The summed E-state index contributed by atoms with van der Waals surface area (Å²) in [5, 5.41) is 20.6. The van der Waals surface area contributed by atoms with Gasteiger partial charge in [0, 0.05) is 11.8 Å². The highest BCUT2D eigenvalue weighted by Gasteiger charge is 2.56. The minimum atomic E-state index is -0.792. The van der Waals surface area contributed by atoms with Gasteiger partial charge >= 0.3 is 0 Å². The molecule has 0 amide bonds. The number of ketones is 1. The predicted molar refractivity (Wildman–Crippen MR) is 93.0 cm³/mol. The Hall–Kier alpha value is -1.92. The summed E-state index contributed by atoms with van der Waals surface area (Å²) in [7, 11) is 0. The lowest BCUT2D eigenvalue weighted by atomic mass is 9.50. The molecule has 3 heteroatoms. The maximum atomic E-state index is 12.6. The van der Waals surface area contributed by atoms with Gasteiger partial charge in [0.05, 0.1) is 11.2 Å². The summed E-state index contributed by atoms with van der Waals surface area (Å²) < 4.78 is 0. The third-order valence-corrected chi connectivity index (χ3v) is 6.08. The smallest absolute Gasteiger partial charge is 0.178 e. The molecule has 2 aliphatic carbocycles. The van der Waals surface area contributed by atoms with Crippen molar-refractivity contribution in [2.45, 2.75) is 52.1 Å². The molecule has 1 saturated carbocycles. The summed E-state index contributed by atoms with van der Waals surface area (Å²) in [6, 6.07) is 12.1. The molecule has 1 aromatic rings. The van der Waals surface area contributed by atoms with Crippen LogP contribution in [0.1, 0.15) is 45.6 Å². The first-order valence-electron chi connectivity index (χ1n) is 8.64. The van der Waals surface area contributed by atoms with E-state index < -0.39 is 11.0 Å². The van der Waals surface area contributed by atoms with E-state index in [4.69, 9.17) is 0 Å². The van der Waals surface area contributed by atoms with E-state index in [9.17, 15) is 15.2 Å². The summed E-state index contributed by atoms with van der Waals surface area (Å²) >= 11 is 0. The molecule has 0 radical (unpaired) electrons. The maximum absolute atomic E-state index is 12.6. The van der Waals surface area contributed by atoms with Crippen LogP contribution in [0.3, 0.4) is 0 Å². The fourth-order valence-electron chi connectivity index (χ4n) is 5.11. The molecule has 0 saturated heterocycles. The highest BCUT2D eigenvalue weighted by Crippen LogP contribution is 2.57. The first-order valence-corrected chi connectivity index (χ1v) is 8.64. The minimum Gasteiger partial charge on any atom is -0.390 e. The Morgan fingerprint density at radius 2 is 1.92 bits per heavy atom. The van der Waals surface area contributed by atoms with E-state index in [-0.39, 0.29) is 22.7 Å². The summed E-state index contributed by atoms with van der Waals surface area (Å²) in [6.45, 7) is 5.99. The van der Waals surface area contributed by atoms with Gasteiger partial charge in [0.2, 0.25) is 0 Å². The summed E-state index contributed by atoms with van der Waals surface area (Å²) in [6.07, 6.45) is 4.52. The number of hydrogen-bond acceptors (Lipinski definition) is 3. The lowest BCUT2D eigenvalue weighted by molar-refractivity contribution is -0.137. The Morgan fingerprint density at radius 3 is 2.54 bits per heavy atom. The molecule has 0 aliphatic heterocycles. The van der Waals surface area contributed by atoms with Crippen LogP contribution in [0.4, 0.5) is 0 Å². The lowest BCUT2D eigenvalue weighted by Crippen LogP contribution is -2.54. The van der Waals surface area contributed by atoms with Crippen molar-refractivity contribution in [1.82, 2.24) is 0 Å². The SMILES string of the molecule is CC1(C)C(=O)C(C#N)=C[C@@]2(C)C[C@@](O)(Cc3ccccc3)CC[C@H]12. The quantitative estimate of drug-likeness (QED) is 0.900. The van der Waals surface area contributed by atoms with Gasteiger partial charge < -0.3 is 5.11 Å². The van der Waals surface area contributed by atoms with Gasteiger partial charge in [-0.15, -0.1) is 0 Å². The zero-order valence-corrected chi connectivity index (χ0v) is 14.7. The number of nitrogens with zero attached hydrogens (tertiary/aromatic N) is 1. The molecule has 3 nitrogen and oxygen atoms in total. The largest absolute Gasteiger partial charge is 0.390 e. The van der Waals surface area contributed by atoms with Gasteiger partial charge in [0.1, 0.15) is 6.07 Å². The topological polar surface area (TPSA) is 61.1 Å². The van der Waals surface area contributed by atoms with Crippen LogP contribution < -0.4 is 0 Å². The Morgan fingerprint density at radius 1 is 1.25 bits per heavy atom. The predicted octanol–water partition coefficient (Wildman–Crippen LogP) is 3.83. The number of allylic oxidation sites excluding steroid dienone is 2. The monoisotopic (exact) mass is 323 g/mol. The summed E-state index contributed by atoms with van der Waals surface area (Å²) in [4.78, 5) is 12.6. The van der Waals surface area contributed by atoms with E-state index in [1.807, 2.05) is 50.3 Å². The molecule has 1 fully saturated rings. The summed E-state index contributed by atoms with van der Waals surface area (Å²) in [5.74, 6) is 0.103. The number of Topliss-reactive ketones (excluding diaryl/α,β-unsaturated/α-hetero) is 1. The second kappa shape index (κ2) is 5.57. The fraction of sp³-hybridized carbons (Fsp3) is 0.524. The molecule has 126 valence electrons. The van der Waals surface area contributed by atoms with E-state index in [1.54, 1.807) is 0 Å². The Kier molecular flexibility index (Phi) is 3.92. The summed E-state index contributed by atoms with van der Waals surface area (Å²) in [5.41, 5.74) is -0.298. The van der Waals surface area contributed by atoms with Gasteiger partial charge in [0.25, 0.3) is 0 Å². The normalized spacial score (nSPS) is 34.9. The van der Waals surface area contributed by atoms with Crippen LogP contribution in [-0.2, 0) is 11.2 Å². The van der Waals surface area contributed by atoms with Crippen LogP contribution in [0.25, 0.3) is 0 Å². The van der Waals surface area contributed by atoms with Crippen molar-refractivity contribution in [3.63, 3.8) is 0 Å². The van der Waals surface area contributed by atoms with Gasteiger partial charge in [-0.05, 0) is 36.2 Å². The van der Waals surface area contributed by atoms with Crippen LogP contribution in [-0.4, -0.2) is 16.5 Å². The van der Waals surface area contributed by atoms with E-state index in [0.717, 1.165) is 12.0 Å².